The molecule has 100 valence electrons. The third-order valence-electron chi connectivity index (χ3n) is 3.95. The van der Waals surface area contributed by atoms with Crippen molar-refractivity contribution >= 4 is 17.3 Å². The van der Waals surface area contributed by atoms with Crippen LogP contribution in [-0.2, 0) is 6.42 Å². The molecule has 2 rings (SSSR count). The van der Waals surface area contributed by atoms with Gasteiger partial charge < -0.3 is 10.6 Å². The molecule has 1 aromatic carbocycles. The van der Waals surface area contributed by atoms with Gasteiger partial charge in [-0.1, -0.05) is 24.6 Å². The molecular formula is C15H23ClN2. The second-order valence-electron chi connectivity index (χ2n) is 5.29. The van der Waals surface area contributed by atoms with Gasteiger partial charge in [0, 0.05) is 29.3 Å². The van der Waals surface area contributed by atoms with Crippen LogP contribution >= 0.6 is 11.6 Å². The van der Waals surface area contributed by atoms with Crippen LogP contribution < -0.4 is 10.6 Å². The summed E-state index contributed by atoms with van der Waals surface area (Å²) in [6.45, 7) is 5.55. The molecule has 2 atom stereocenters. The van der Waals surface area contributed by atoms with Crippen LogP contribution in [0.5, 0.6) is 0 Å². The molecule has 2 unspecified atom stereocenters. The minimum Gasteiger partial charge on any atom is -0.369 e. The van der Waals surface area contributed by atoms with E-state index in [1.807, 2.05) is 12.1 Å². The van der Waals surface area contributed by atoms with E-state index in [4.69, 9.17) is 17.3 Å². The van der Waals surface area contributed by atoms with Gasteiger partial charge in [0.1, 0.15) is 0 Å². The largest absolute Gasteiger partial charge is 0.369 e. The van der Waals surface area contributed by atoms with Crippen molar-refractivity contribution < 1.29 is 0 Å². The van der Waals surface area contributed by atoms with Gasteiger partial charge >= 0.3 is 0 Å². The number of hydrogen-bond acceptors (Lipinski definition) is 2. The molecule has 0 bridgehead atoms. The van der Waals surface area contributed by atoms with Gasteiger partial charge in [-0.2, -0.15) is 0 Å². The fourth-order valence-corrected chi connectivity index (χ4v) is 2.96. The van der Waals surface area contributed by atoms with Gasteiger partial charge in [-0.3, -0.25) is 0 Å². The second-order valence-corrected chi connectivity index (χ2v) is 5.70. The summed E-state index contributed by atoms with van der Waals surface area (Å²) < 4.78 is 0. The molecular weight excluding hydrogens is 244 g/mol. The summed E-state index contributed by atoms with van der Waals surface area (Å²) in [6, 6.07) is 7.01. The van der Waals surface area contributed by atoms with Crippen molar-refractivity contribution in [1.82, 2.24) is 0 Å². The highest BCUT2D eigenvalue weighted by atomic mass is 35.5. The van der Waals surface area contributed by atoms with E-state index in [2.05, 4.69) is 24.8 Å². The first-order valence-electron chi connectivity index (χ1n) is 6.93. The number of nitrogens with two attached hydrogens (primary N) is 1. The highest BCUT2D eigenvalue weighted by molar-refractivity contribution is 6.31. The standard InChI is InChI=1S/C15H23ClN2/c1-3-12(17)10-13-14(16)7-4-8-15(13)18-9-5-6-11(18)2/h4,7-8,11-12H,3,5-6,9-10,17H2,1-2H3. The topological polar surface area (TPSA) is 29.3 Å². The van der Waals surface area contributed by atoms with E-state index in [-0.39, 0.29) is 6.04 Å². The molecule has 0 amide bonds. The van der Waals surface area contributed by atoms with Crippen molar-refractivity contribution in [2.75, 3.05) is 11.4 Å². The zero-order chi connectivity index (χ0) is 13.1. The Hall–Kier alpha value is -0.730. The van der Waals surface area contributed by atoms with Crippen LogP contribution in [0.1, 0.15) is 38.7 Å². The van der Waals surface area contributed by atoms with Crippen LogP contribution in [0.4, 0.5) is 5.69 Å². The number of benzene rings is 1. The maximum absolute atomic E-state index is 6.37. The highest BCUT2D eigenvalue weighted by Crippen LogP contribution is 2.33. The minimum absolute atomic E-state index is 0.196. The van der Waals surface area contributed by atoms with Gasteiger partial charge in [-0.05, 0) is 50.3 Å². The molecule has 2 N–H and O–H groups in total. The Bertz CT molecular complexity index is 405. The molecule has 1 saturated heterocycles. The molecule has 0 aliphatic carbocycles. The molecule has 1 aromatic rings. The van der Waals surface area contributed by atoms with E-state index in [9.17, 15) is 0 Å². The van der Waals surface area contributed by atoms with Crippen LogP contribution in [-0.4, -0.2) is 18.6 Å². The SMILES string of the molecule is CCC(N)Cc1c(Cl)cccc1N1CCCC1C. The Labute approximate surface area is 115 Å². The van der Waals surface area contributed by atoms with Crippen molar-refractivity contribution in [2.24, 2.45) is 5.73 Å². The predicted molar refractivity (Wildman–Crippen MR) is 79.5 cm³/mol. The number of rotatable bonds is 4. The summed E-state index contributed by atoms with van der Waals surface area (Å²) in [7, 11) is 0. The van der Waals surface area contributed by atoms with E-state index in [1.165, 1.54) is 24.1 Å². The van der Waals surface area contributed by atoms with Crippen LogP contribution in [0.2, 0.25) is 5.02 Å². The van der Waals surface area contributed by atoms with Crippen molar-refractivity contribution in [3.05, 3.63) is 28.8 Å². The molecule has 1 aliphatic rings. The molecule has 18 heavy (non-hydrogen) atoms. The maximum Gasteiger partial charge on any atom is 0.0459 e. The fraction of sp³-hybridized carbons (Fsp3) is 0.600. The Kier molecular flexibility index (Phi) is 4.52. The Balaban J connectivity index is 2.31. The van der Waals surface area contributed by atoms with Gasteiger partial charge in [-0.15, -0.1) is 0 Å². The lowest BCUT2D eigenvalue weighted by molar-refractivity contribution is 0.642. The molecule has 1 aliphatic heterocycles. The molecule has 1 fully saturated rings. The molecule has 0 radical (unpaired) electrons. The summed E-state index contributed by atoms with van der Waals surface area (Å²) in [6.07, 6.45) is 4.40. The quantitative estimate of drug-likeness (QED) is 0.902. The van der Waals surface area contributed by atoms with Crippen molar-refractivity contribution in [3.63, 3.8) is 0 Å². The van der Waals surface area contributed by atoms with Crippen LogP contribution in [0.3, 0.4) is 0 Å². The first kappa shape index (κ1) is 13.7. The third kappa shape index (κ3) is 2.81. The van der Waals surface area contributed by atoms with Crippen LogP contribution in [0.25, 0.3) is 0 Å². The van der Waals surface area contributed by atoms with E-state index < -0.39 is 0 Å². The lowest BCUT2D eigenvalue weighted by Crippen LogP contribution is -2.29. The smallest absolute Gasteiger partial charge is 0.0459 e. The van der Waals surface area contributed by atoms with Crippen molar-refractivity contribution in [3.8, 4) is 0 Å². The Morgan fingerprint density at radius 3 is 2.89 bits per heavy atom. The van der Waals surface area contributed by atoms with Crippen molar-refractivity contribution in [1.29, 1.82) is 0 Å². The van der Waals surface area contributed by atoms with Gasteiger partial charge in [0.15, 0.2) is 0 Å². The first-order valence-corrected chi connectivity index (χ1v) is 7.31. The summed E-state index contributed by atoms with van der Waals surface area (Å²) >= 11 is 6.37. The van der Waals surface area contributed by atoms with Gasteiger partial charge in [0.25, 0.3) is 0 Å². The second kappa shape index (κ2) is 5.94. The monoisotopic (exact) mass is 266 g/mol. The van der Waals surface area contributed by atoms with Crippen LogP contribution in [0.15, 0.2) is 18.2 Å². The third-order valence-corrected chi connectivity index (χ3v) is 4.30. The molecule has 0 spiro atoms. The number of anilines is 1. The summed E-state index contributed by atoms with van der Waals surface area (Å²) in [5.41, 5.74) is 8.61. The number of nitrogens with zero attached hydrogens (tertiary/aromatic N) is 1. The van der Waals surface area contributed by atoms with E-state index in [0.29, 0.717) is 6.04 Å². The number of hydrogen-bond donors (Lipinski definition) is 1. The molecule has 1 heterocycles. The Morgan fingerprint density at radius 1 is 1.50 bits per heavy atom. The summed E-state index contributed by atoms with van der Waals surface area (Å²) in [5, 5.41) is 0.857. The zero-order valence-electron chi connectivity index (χ0n) is 11.3. The maximum atomic E-state index is 6.37. The lowest BCUT2D eigenvalue weighted by atomic mass is 10.0. The molecule has 2 nitrogen and oxygen atoms in total. The Morgan fingerprint density at radius 2 is 2.28 bits per heavy atom. The summed E-state index contributed by atoms with van der Waals surface area (Å²) in [5.74, 6) is 0. The van der Waals surface area contributed by atoms with E-state index in [1.54, 1.807) is 0 Å². The zero-order valence-corrected chi connectivity index (χ0v) is 12.1. The summed E-state index contributed by atoms with van der Waals surface area (Å²) in [4.78, 5) is 2.48. The van der Waals surface area contributed by atoms with Gasteiger partial charge in [0.05, 0.1) is 0 Å². The normalized spacial score (nSPS) is 21.3. The molecule has 3 heteroatoms. The minimum atomic E-state index is 0.196. The van der Waals surface area contributed by atoms with E-state index in [0.717, 1.165) is 24.4 Å². The lowest BCUT2D eigenvalue weighted by Gasteiger charge is -2.27. The van der Waals surface area contributed by atoms with Gasteiger partial charge in [0.2, 0.25) is 0 Å². The van der Waals surface area contributed by atoms with E-state index >= 15 is 0 Å². The highest BCUT2D eigenvalue weighted by Gasteiger charge is 2.23. The average molecular weight is 267 g/mol. The molecule has 0 aromatic heterocycles. The molecule has 0 saturated carbocycles. The first-order chi connectivity index (χ1) is 8.63. The van der Waals surface area contributed by atoms with Crippen molar-refractivity contribution in [2.45, 2.75) is 51.6 Å². The number of halogens is 1. The average Bonchev–Trinajstić information content (AvgIpc) is 2.78. The van der Waals surface area contributed by atoms with Gasteiger partial charge in [-0.25, -0.2) is 0 Å². The fourth-order valence-electron chi connectivity index (χ4n) is 2.72. The predicted octanol–water partition coefficient (Wildman–Crippen LogP) is 3.61. The van der Waals surface area contributed by atoms with Crippen LogP contribution in [0, 0.1) is 0 Å².